The quantitative estimate of drug-likeness (QED) is 0.850. The van der Waals surface area contributed by atoms with E-state index in [1.54, 1.807) is 0 Å². The first-order valence-corrected chi connectivity index (χ1v) is 9.98. The predicted octanol–water partition coefficient (Wildman–Crippen LogP) is 3.14. The minimum atomic E-state index is 0.0570. The van der Waals surface area contributed by atoms with Crippen molar-refractivity contribution in [3.63, 3.8) is 0 Å². The van der Waals surface area contributed by atoms with Crippen molar-refractivity contribution in [1.82, 2.24) is 10.2 Å². The molecule has 1 aliphatic carbocycles. The van der Waals surface area contributed by atoms with E-state index in [2.05, 4.69) is 5.32 Å². The van der Waals surface area contributed by atoms with Gasteiger partial charge in [-0.25, -0.2) is 0 Å². The van der Waals surface area contributed by atoms with Crippen LogP contribution in [0.5, 0.6) is 5.75 Å². The number of benzene rings is 1. The van der Waals surface area contributed by atoms with E-state index in [9.17, 15) is 9.59 Å². The highest BCUT2D eigenvalue weighted by Crippen LogP contribution is 2.21. The van der Waals surface area contributed by atoms with E-state index in [1.807, 2.05) is 35.2 Å². The third-order valence-corrected chi connectivity index (χ3v) is 5.50. The fourth-order valence-corrected chi connectivity index (χ4v) is 3.89. The normalized spacial score (nSPS) is 19.2. The number of likely N-dealkylation sites (tertiary alicyclic amines) is 1. The average Bonchev–Trinajstić information content (AvgIpc) is 2.69. The molecule has 3 rings (SSSR count). The Hall–Kier alpha value is -2.04. The molecule has 0 unspecified atom stereocenters. The first kappa shape index (κ1) is 18.7. The molecule has 1 aromatic carbocycles. The summed E-state index contributed by atoms with van der Waals surface area (Å²) in [7, 11) is 0. The van der Waals surface area contributed by atoms with E-state index < -0.39 is 0 Å². The lowest BCUT2D eigenvalue weighted by Gasteiger charge is -2.33. The molecule has 2 fully saturated rings. The number of amides is 2. The fraction of sp³-hybridized carbons (Fsp3) is 0.619. The van der Waals surface area contributed by atoms with Gasteiger partial charge in [-0.3, -0.25) is 9.59 Å². The summed E-state index contributed by atoms with van der Waals surface area (Å²) < 4.78 is 5.60. The highest BCUT2D eigenvalue weighted by molar-refractivity contribution is 5.80. The Labute approximate surface area is 156 Å². The molecule has 2 aliphatic rings. The number of carbonyl (C=O) groups excluding carboxylic acids is 2. The molecule has 26 heavy (non-hydrogen) atoms. The molecule has 1 saturated carbocycles. The van der Waals surface area contributed by atoms with Crippen LogP contribution in [0.3, 0.4) is 0 Å². The van der Waals surface area contributed by atoms with Crippen LogP contribution in [0.4, 0.5) is 0 Å². The van der Waals surface area contributed by atoms with Gasteiger partial charge in [0.15, 0.2) is 0 Å². The van der Waals surface area contributed by atoms with Gasteiger partial charge in [0, 0.05) is 25.0 Å². The SMILES string of the molecule is O=C(NC1CCCCC1)C1CCN(C(=O)CCOc2ccccc2)CC1. The fourth-order valence-electron chi connectivity index (χ4n) is 3.89. The lowest BCUT2D eigenvalue weighted by atomic mass is 9.92. The van der Waals surface area contributed by atoms with Crippen LogP contribution in [0.25, 0.3) is 0 Å². The molecule has 0 atom stereocenters. The molecule has 1 aliphatic heterocycles. The number of rotatable bonds is 6. The lowest BCUT2D eigenvalue weighted by Crippen LogP contribution is -2.45. The molecule has 142 valence electrons. The Morgan fingerprint density at radius 3 is 2.38 bits per heavy atom. The summed E-state index contributed by atoms with van der Waals surface area (Å²) in [4.78, 5) is 26.6. The first-order chi connectivity index (χ1) is 12.7. The van der Waals surface area contributed by atoms with Gasteiger partial charge in [0.05, 0.1) is 13.0 Å². The van der Waals surface area contributed by atoms with Crippen LogP contribution < -0.4 is 10.1 Å². The number of ether oxygens (including phenoxy) is 1. The maximum absolute atomic E-state index is 12.4. The van der Waals surface area contributed by atoms with Gasteiger partial charge in [0.25, 0.3) is 0 Å². The average molecular weight is 358 g/mol. The highest BCUT2D eigenvalue weighted by atomic mass is 16.5. The van der Waals surface area contributed by atoms with E-state index >= 15 is 0 Å². The number of nitrogens with zero attached hydrogens (tertiary/aromatic N) is 1. The summed E-state index contributed by atoms with van der Waals surface area (Å²) in [6.07, 6.45) is 7.89. The lowest BCUT2D eigenvalue weighted by molar-refractivity contribution is -0.136. The van der Waals surface area contributed by atoms with Gasteiger partial charge in [-0.2, -0.15) is 0 Å². The molecule has 1 saturated heterocycles. The molecule has 1 aromatic rings. The third-order valence-electron chi connectivity index (χ3n) is 5.50. The molecule has 2 amide bonds. The molecule has 0 radical (unpaired) electrons. The predicted molar refractivity (Wildman–Crippen MR) is 101 cm³/mol. The van der Waals surface area contributed by atoms with Gasteiger partial charge >= 0.3 is 0 Å². The van der Waals surface area contributed by atoms with Crippen LogP contribution in [0, 0.1) is 5.92 Å². The minimum absolute atomic E-state index is 0.0570. The first-order valence-electron chi connectivity index (χ1n) is 9.98. The number of nitrogens with one attached hydrogen (secondary N) is 1. The van der Waals surface area contributed by atoms with Crippen molar-refractivity contribution in [1.29, 1.82) is 0 Å². The number of para-hydroxylation sites is 1. The van der Waals surface area contributed by atoms with Gasteiger partial charge in [-0.15, -0.1) is 0 Å². The monoisotopic (exact) mass is 358 g/mol. The van der Waals surface area contributed by atoms with Crippen molar-refractivity contribution >= 4 is 11.8 Å². The van der Waals surface area contributed by atoms with E-state index in [1.165, 1.54) is 19.3 Å². The number of piperidine rings is 1. The summed E-state index contributed by atoms with van der Waals surface area (Å²) >= 11 is 0. The van der Waals surface area contributed by atoms with Crippen molar-refractivity contribution < 1.29 is 14.3 Å². The van der Waals surface area contributed by atoms with Crippen LogP contribution in [-0.4, -0.2) is 42.5 Å². The second-order valence-electron chi connectivity index (χ2n) is 7.41. The van der Waals surface area contributed by atoms with E-state index in [0.29, 0.717) is 32.2 Å². The molecule has 0 spiro atoms. The van der Waals surface area contributed by atoms with E-state index in [-0.39, 0.29) is 17.7 Å². The van der Waals surface area contributed by atoms with Crippen molar-refractivity contribution in [3.05, 3.63) is 30.3 Å². The van der Waals surface area contributed by atoms with E-state index in [4.69, 9.17) is 4.74 Å². The molecular formula is C21H30N2O3. The molecule has 1 N–H and O–H groups in total. The van der Waals surface area contributed by atoms with Gasteiger partial charge in [-0.05, 0) is 37.8 Å². The Morgan fingerprint density at radius 1 is 1.00 bits per heavy atom. The maximum atomic E-state index is 12.4. The molecule has 5 nitrogen and oxygen atoms in total. The van der Waals surface area contributed by atoms with Crippen LogP contribution in [-0.2, 0) is 9.59 Å². The number of carbonyl (C=O) groups is 2. The summed E-state index contributed by atoms with van der Waals surface area (Å²) in [5.41, 5.74) is 0. The molecule has 0 bridgehead atoms. The summed E-state index contributed by atoms with van der Waals surface area (Å²) in [5.74, 6) is 1.16. The molecule has 0 aromatic heterocycles. The van der Waals surface area contributed by atoms with Crippen LogP contribution >= 0.6 is 0 Å². The van der Waals surface area contributed by atoms with Gasteiger partial charge < -0.3 is 15.0 Å². The maximum Gasteiger partial charge on any atom is 0.225 e. The standard InChI is InChI=1S/C21H30N2O3/c24-20(13-16-26-19-9-5-2-6-10-19)23-14-11-17(12-15-23)21(25)22-18-7-3-1-4-8-18/h2,5-6,9-10,17-18H,1,3-4,7-8,11-16H2,(H,22,25). The van der Waals surface area contributed by atoms with Crippen molar-refractivity contribution in [2.75, 3.05) is 19.7 Å². The summed E-state index contributed by atoms with van der Waals surface area (Å²) in [6.45, 7) is 1.74. The Bertz CT molecular complexity index is 576. The summed E-state index contributed by atoms with van der Waals surface area (Å²) in [6, 6.07) is 9.92. The van der Waals surface area contributed by atoms with Crippen LogP contribution in [0.15, 0.2) is 30.3 Å². The smallest absolute Gasteiger partial charge is 0.225 e. The van der Waals surface area contributed by atoms with Crippen molar-refractivity contribution in [2.45, 2.75) is 57.4 Å². The second kappa shape index (κ2) is 9.60. The Balaban J connectivity index is 1.34. The zero-order valence-electron chi connectivity index (χ0n) is 15.5. The highest BCUT2D eigenvalue weighted by Gasteiger charge is 2.28. The zero-order valence-corrected chi connectivity index (χ0v) is 15.5. The number of hydrogen-bond acceptors (Lipinski definition) is 3. The second-order valence-corrected chi connectivity index (χ2v) is 7.41. The molecule has 1 heterocycles. The molecular weight excluding hydrogens is 328 g/mol. The topological polar surface area (TPSA) is 58.6 Å². The van der Waals surface area contributed by atoms with Crippen molar-refractivity contribution in [3.8, 4) is 5.75 Å². The van der Waals surface area contributed by atoms with Gasteiger partial charge in [0.1, 0.15) is 5.75 Å². The van der Waals surface area contributed by atoms with Crippen LogP contribution in [0.1, 0.15) is 51.4 Å². The van der Waals surface area contributed by atoms with Crippen molar-refractivity contribution in [2.24, 2.45) is 5.92 Å². The largest absolute Gasteiger partial charge is 0.493 e. The van der Waals surface area contributed by atoms with E-state index in [0.717, 1.165) is 31.4 Å². The van der Waals surface area contributed by atoms with Gasteiger partial charge in [-0.1, -0.05) is 37.5 Å². The minimum Gasteiger partial charge on any atom is -0.493 e. The Kier molecular flexibility index (Phi) is 6.92. The third kappa shape index (κ3) is 5.48. The Morgan fingerprint density at radius 2 is 1.69 bits per heavy atom. The number of hydrogen-bond donors (Lipinski definition) is 1. The zero-order chi connectivity index (χ0) is 18.2. The summed E-state index contributed by atoms with van der Waals surface area (Å²) in [5, 5.41) is 3.22. The molecule has 5 heteroatoms. The van der Waals surface area contributed by atoms with Crippen LogP contribution in [0.2, 0.25) is 0 Å². The van der Waals surface area contributed by atoms with Gasteiger partial charge in [0.2, 0.25) is 11.8 Å².